The van der Waals surface area contributed by atoms with Crippen LogP contribution in [-0.2, 0) is 0 Å². The molecule has 0 saturated carbocycles. The van der Waals surface area contributed by atoms with Crippen LogP contribution in [0.2, 0.25) is 0 Å². The van der Waals surface area contributed by atoms with E-state index >= 15 is 0 Å². The summed E-state index contributed by atoms with van der Waals surface area (Å²) in [6.07, 6.45) is 2.62. The molecule has 0 radical (unpaired) electrons. The summed E-state index contributed by atoms with van der Waals surface area (Å²) in [6, 6.07) is 18.8. The summed E-state index contributed by atoms with van der Waals surface area (Å²) in [5, 5.41) is 10.4. The minimum absolute atomic E-state index is 0.751. The highest BCUT2D eigenvalue weighted by molar-refractivity contribution is 5.62. The van der Waals surface area contributed by atoms with Crippen molar-refractivity contribution in [2.75, 3.05) is 30.3 Å². The van der Waals surface area contributed by atoms with Gasteiger partial charge in [0.25, 0.3) is 0 Å². The second kappa shape index (κ2) is 7.14. The van der Waals surface area contributed by atoms with Gasteiger partial charge in [-0.25, -0.2) is 0 Å². The molecule has 0 aromatic heterocycles. The Labute approximate surface area is 126 Å². The molecule has 1 atom stereocenters. The first-order valence-corrected chi connectivity index (χ1v) is 7.77. The molecule has 0 amide bonds. The molecule has 1 aliphatic heterocycles. The molecular weight excluding hydrogens is 258 g/mol. The molecule has 1 unspecified atom stereocenters. The largest absolute Gasteiger partial charge is 0.385 e. The lowest BCUT2D eigenvalue weighted by molar-refractivity contribution is 0.393. The number of benzene rings is 2. The second-order valence-corrected chi connectivity index (χ2v) is 5.66. The van der Waals surface area contributed by atoms with Crippen molar-refractivity contribution in [3.63, 3.8) is 0 Å². The molecule has 3 N–H and O–H groups in total. The van der Waals surface area contributed by atoms with Crippen molar-refractivity contribution in [2.45, 2.75) is 12.8 Å². The summed E-state index contributed by atoms with van der Waals surface area (Å²) in [7, 11) is 0. The van der Waals surface area contributed by atoms with Crippen LogP contribution in [0, 0.1) is 5.92 Å². The first kappa shape index (κ1) is 14.0. The van der Waals surface area contributed by atoms with Gasteiger partial charge in [-0.15, -0.1) is 0 Å². The van der Waals surface area contributed by atoms with E-state index in [0.29, 0.717) is 0 Å². The molecule has 0 spiro atoms. The number of rotatable bonds is 5. The second-order valence-electron chi connectivity index (χ2n) is 5.66. The third-order valence-corrected chi connectivity index (χ3v) is 3.94. The van der Waals surface area contributed by atoms with Gasteiger partial charge in [-0.3, -0.25) is 0 Å². The van der Waals surface area contributed by atoms with Gasteiger partial charge in [0.15, 0.2) is 0 Å². The fourth-order valence-corrected chi connectivity index (χ4v) is 2.72. The maximum atomic E-state index is 3.54. The van der Waals surface area contributed by atoms with Gasteiger partial charge in [0, 0.05) is 23.6 Å². The van der Waals surface area contributed by atoms with Crippen LogP contribution in [0.15, 0.2) is 54.6 Å². The van der Waals surface area contributed by atoms with Gasteiger partial charge >= 0.3 is 0 Å². The van der Waals surface area contributed by atoms with Crippen molar-refractivity contribution in [2.24, 2.45) is 5.92 Å². The van der Waals surface area contributed by atoms with Crippen molar-refractivity contribution < 1.29 is 0 Å². The number of piperidine rings is 1. The monoisotopic (exact) mass is 281 g/mol. The fraction of sp³-hybridized carbons (Fsp3) is 0.333. The smallest absolute Gasteiger partial charge is 0.0385 e. The van der Waals surface area contributed by atoms with Crippen LogP contribution in [0.5, 0.6) is 0 Å². The Morgan fingerprint density at radius 3 is 2.33 bits per heavy atom. The molecule has 3 nitrogen and oxygen atoms in total. The molecule has 1 heterocycles. The standard InChI is InChI=1S/C18H23N3/c1-2-6-17(7-3-1)21-18-10-8-16(9-11-18)20-14-15-5-4-12-19-13-15/h1-3,6-11,15,19-21H,4-5,12-14H2. The van der Waals surface area contributed by atoms with E-state index in [9.17, 15) is 0 Å². The van der Waals surface area contributed by atoms with E-state index in [0.717, 1.165) is 30.4 Å². The normalized spacial score (nSPS) is 18.2. The third-order valence-electron chi connectivity index (χ3n) is 3.94. The van der Waals surface area contributed by atoms with Crippen LogP contribution in [-0.4, -0.2) is 19.6 Å². The lowest BCUT2D eigenvalue weighted by atomic mass is 10.00. The van der Waals surface area contributed by atoms with E-state index in [1.54, 1.807) is 0 Å². The molecule has 2 aromatic carbocycles. The molecule has 110 valence electrons. The highest BCUT2D eigenvalue weighted by Gasteiger charge is 2.12. The number of hydrogen-bond donors (Lipinski definition) is 3. The SMILES string of the molecule is c1ccc(Nc2ccc(NCC3CCCNC3)cc2)cc1. The van der Waals surface area contributed by atoms with Crippen LogP contribution in [0.1, 0.15) is 12.8 Å². The van der Waals surface area contributed by atoms with Crippen molar-refractivity contribution in [1.82, 2.24) is 5.32 Å². The summed E-state index contributed by atoms with van der Waals surface area (Å²) in [5.74, 6) is 0.751. The van der Waals surface area contributed by atoms with E-state index in [4.69, 9.17) is 0 Å². The quantitative estimate of drug-likeness (QED) is 0.779. The summed E-state index contributed by atoms with van der Waals surface area (Å²) < 4.78 is 0. The molecule has 1 aliphatic rings. The van der Waals surface area contributed by atoms with Gasteiger partial charge in [0.05, 0.1) is 0 Å². The summed E-state index contributed by atoms with van der Waals surface area (Å²) in [4.78, 5) is 0. The predicted octanol–water partition coefficient (Wildman–Crippen LogP) is 3.84. The maximum Gasteiger partial charge on any atom is 0.0385 e. The van der Waals surface area contributed by atoms with Gasteiger partial charge in [-0.2, -0.15) is 0 Å². The zero-order valence-corrected chi connectivity index (χ0v) is 12.3. The molecule has 1 saturated heterocycles. The first-order chi connectivity index (χ1) is 10.4. The van der Waals surface area contributed by atoms with Gasteiger partial charge in [-0.05, 0) is 68.2 Å². The number of para-hydroxylation sites is 1. The molecular formula is C18H23N3. The summed E-state index contributed by atoms with van der Waals surface area (Å²) in [6.45, 7) is 3.37. The minimum Gasteiger partial charge on any atom is -0.385 e. The topological polar surface area (TPSA) is 36.1 Å². The van der Waals surface area contributed by atoms with Gasteiger partial charge in [0.2, 0.25) is 0 Å². The molecule has 3 rings (SSSR count). The molecule has 0 bridgehead atoms. The Kier molecular flexibility index (Phi) is 4.74. The average Bonchev–Trinajstić information content (AvgIpc) is 2.56. The van der Waals surface area contributed by atoms with Crippen LogP contribution >= 0.6 is 0 Å². The zero-order valence-electron chi connectivity index (χ0n) is 12.3. The van der Waals surface area contributed by atoms with Crippen molar-refractivity contribution >= 4 is 17.1 Å². The van der Waals surface area contributed by atoms with Crippen LogP contribution in [0.25, 0.3) is 0 Å². The zero-order chi connectivity index (χ0) is 14.3. The predicted molar refractivity (Wildman–Crippen MR) is 90.3 cm³/mol. The third kappa shape index (κ3) is 4.23. The van der Waals surface area contributed by atoms with E-state index < -0.39 is 0 Å². The molecule has 3 heteroatoms. The van der Waals surface area contributed by atoms with E-state index in [1.165, 1.54) is 25.1 Å². The first-order valence-electron chi connectivity index (χ1n) is 7.77. The Hall–Kier alpha value is -2.00. The van der Waals surface area contributed by atoms with Crippen LogP contribution in [0.4, 0.5) is 17.1 Å². The lowest BCUT2D eigenvalue weighted by Gasteiger charge is -2.23. The van der Waals surface area contributed by atoms with Gasteiger partial charge in [0.1, 0.15) is 0 Å². The van der Waals surface area contributed by atoms with Crippen LogP contribution < -0.4 is 16.0 Å². The van der Waals surface area contributed by atoms with E-state index in [-0.39, 0.29) is 0 Å². The fourth-order valence-electron chi connectivity index (χ4n) is 2.72. The Morgan fingerprint density at radius 1 is 0.905 bits per heavy atom. The summed E-state index contributed by atoms with van der Waals surface area (Å²) >= 11 is 0. The van der Waals surface area contributed by atoms with Crippen molar-refractivity contribution in [3.05, 3.63) is 54.6 Å². The Morgan fingerprint density at radius 2 is 1.62 bits per heavy atom. The van der Waals surface area contributed by atoms with Gasteiger partial charge < -0.3 is 16.0 Å². The molecule has 2 aromatic rings. The Bertz CT molecular complexity index is 530. The molecule has 21 heavy (non-hydrogen) atoms. The van der Waals surface area contributed by atoms with E-state index in [1.807, 2.05) is 18.2 Å². The number of anilines is 3. The average molecular weight is 281 g/mol. The van der Waals surface area contributed by atoms with Gasteiger partial charge in [-0.1, -0.05) is 18.2 Å². The highest BCUT2D eigenvalue weighted by Crippen LogP contribution is 2.19. The maximum absolute atomic E-state index is 3.54. The van der Waals surface area contributed by atoms with E-state index in [2.05, 4.69) is 52.3 Å². The summed E-state index contributed by atoms with van der Waals surface area (Å²) in [5.41, 5.74) is 3.43. The minimum atomic E-state index is 0.751. The Balaban J connectivity index is 1.51. The van der Waals surface area contributed by atoms with Crippen molar-refractivity contribution in [1.29, 1.82) is 0 Å². The highest BCUT2D eigenvalue weighted by atomic mass is 14.9. The van der Waals surface area contributed by atoms with Crippen LogP contribution in [0.3, 0.4) is 0 Å². The number of hydrogen-bond acceptors (Lipinski definition) is 3. The lowest BCUT2D eigenvalue weighted by Crippen LogP contribution is -2.33. The molecule has 1 fully saturated rings. The molecule has 0 aliphatic carbocycles. The number of nitrogens with one attached hydrogen (secondary N) is 3. The van der Waals surface area contributed by atoms with Crippen molar-refractivity contribution in [3.8, 4) is 0 Å².